The van der Waals surface area contributed by atoms with Crippen LogP contribution in [0.3, 0.4) is 0 Å². The highest BCUT2D eigenvalue weighted by atomic mass is 33.1. The topological polar surface area (TPSA) is 55.1 Å². The van der Waals surface area contributed by atoms with E-state index in [1.165, 1.54) is 0 Å². The van der Waals surface area contributed by atoms with Gasteiger partial charge >= 0.3 is 0 Å². The molecule has 1 heterocycles. The Kier molecular flexibility index (Phi) is 3.94. The Labute approximate surface area is 87.0 Å². The van der Waals surface area contributed by atoms with Gasteiger partial charge in [0.2, 0.25) is 5.91 Å². The first-order valence-corrected chi connectivity index (χ1v) is 6.67. The number of hydrogen-bond acceptors (Lipinski definition) is 4. The van der Waals surface area contributed by atoms with Crippen LogP contribution in [0.2, 0.25) is 0 Å². The first kappa shape index (κ1) is 11.2. The minimum atomic E-state index is -0.277. The summed E-state index contributed by atoms with van der Waals surface area (Å²) in [4.78, 5) is 10.8. The highest BCUT2D eigenvalue weighted by Gasteiger charge is 2.33. The van der Waals surface area contributed by atoms with Crippen molar-refractivity contribution in [2.24, 2.45) is 5.73 Å². The molecule has 0 aromatic rings. The number of carbonyl (C=O) groups excluding carboxylic acids is 1. The van der Waals surface area contributed by atoms with Crippen molar-refractivity contribution < 1.29 is 4.79 Å². The molecule has 2 unspecified atom stereocenters. The zero-order chi connectivity index (χ0) is 10.0. The summed E-state index contributed by atoms with van der Waals surface area (Å²) in [6.45, 7) is 6.16. The monoisotopic (exact) mass is 220 g/mol. The van der Waals surface area contributed by atoms with Crippen LogP contribution in [0, 0.1) is 0 Å². The molecule has 0 aromatic heterocycles. The Hall–Kier alpha value is 0.130. The zero-order valence-electron chi connectivity index (χ0n) is 8.11. The number of hydrogen-bond donors (Lipinski definition) is 2. The van der Waals surface area contributed by atoms with Crippen LogP contribution in [-0.2, 0) is 4.79 Å². The van der Waals surface area contributed by atoms with Gasteiger partial charge in [0.15, 0.2) is 0 Å². The number of rotatable bonds is 3. The van der Waals surface area contributed by atoms with Gasteiger partial charge in [-0.15, -0.1) is 0 Å². The molecule has 0 saturated carbocycles. The average molecular weight is 220 g/mol. The molecule has 1 rings (SSSR count). The first-order valence-electron chi connectivity index (χ1n) is 4.40. The highest BCUT2D eigenvalue weighted by Crippen LogP contribution is 2.43. The van der Waals surface area contributed by atoms with Crippen molar-refractivity contribution in [2.45, 2.75) is 43.4 Å². The van der Waals surface area contributed by atoms with E-state index in [-0.39, 0.29) is 11.9 Å². The lowest BCUT2D eigenvalue weighted by atomic mass is 10.1. The van der Waals surface area contributed by atoms with Crippen LogP contribution in [0.5, 0.6) is 0 Å². The molecule has 1 fully saturated rings. The van der Waals surface area contributed by atoms with E-state index in [2.05, 4.69) is 19.2 Å². The summed E-state index contributed by atoms with van der Waals surface area (Å²) >= 11 is 0. The van der Waals surface area contributed by atoms with E-state index in [1.54, 1.807) is 0 Å². The summed E-state index contributed by atoms with van der Waals surface area (Å²) in [5.41, 5.74) is 5.19. The van der Waals surface area contributed by atoms with Crippen molar-refractivity contribution in [3.8, 4) is 0 Å². The van der Waals surface area contributed by atoms with Crippen molar-refractivity contribution in [1.29, 1.82) is 0 Å². The van der Waals surface area contributed by atoms with Crippen molar-refractivity contribution in [3.05, 3.63) is 0 Å². The molecule has 1 amide bonds. The van der Waals surface area contributed by atoms with Gasteiger partial charge in [0.05, 0.1) is 6.04 Å². The molecule has 1 aliphatic heterocycles. The summed E-state index contributed by atoms with van der Waals surface area (Å²) in [5.74, 6) is -0.277. The molecule has 5 heteroatoms. The summed E-state index contributed by atoms with van der Waals surface area (Å²) < 4.78 is 0. The lowest BCUT2D eigenvalue weighted by Crippen LogP contribution is -2.49. The minimum Gasteiger partial charge on any atom is -0.368 e. The second kappa shape index (κ2) is 4.57. The lowest BCUT2D eigenvalue weighted by molar-refractivity contribution is -0.119. The Morgan fingerprint density at radius 1 is 1.38 bits per heavy atom. The highest BCUT2D eigenvalue weighted by molar-refractivity contribution is 8.77. The number of nitrogens with two attached hydrogens (primary N) is 1. The van der Waals surface area contributed by atoms with Crippen LogP contribution in [0.25, 0.3) is 0 Å². The second-order valence-electron chi connectivity index (χ2n) is 3.42. The molecule has 0 radical (unpaired) electrons. The summed E-state index contributed by atoms with van der Waals surface area (Å²) in [6, 6.07) is 0.159. The van der Waals surface area contributed by atoms with Gasteiger partial charge in [-0.2, -0.15) is 0 Å². The molecule has 76 valence electrons. The fourth-order valence-electron chi connectivity index (χ4n) is 1.32. The van der Waals surface area contributed by atoms with Crippen LogP contribution >= 0.6 is 21.6 Å². The van der Waals surface area contributed by atoms with Crippen molar-refractivity contribution in [3.63, 3.8) is 0 Å². The van der Waals surface area contributed by atoms with E-state index in [4.69, 9.17) is 5.73 Å². The minimum absolute atomic E-state index is 0.228. The van der Waals surface area contributed by atoms with E-state index < -0.39 is 0 Å². The molecular formula is C8H16N2OS2. The third-order valence-corrected chi connectivity index (χ3v) is 5.70. The van der Waals surface area contributed by atoms with Gasteiger partial charge in [0.1, 0.15) is 0 Å². The summed E-state index contributed by atoms with van der Waals surface area (Å²) in [5, 5.41) is 4.35. The molecule has 0 aliphatic carbocycles. The number of amides is 1. The third-order valence-electron chi connectivity index (χ3n) is 2.24. The average Bonchev–Trinajstić information content (AvgIpc) is 2.35. The number of nitrogens with one attached hydrogen (secondary N) is 1. The lowest BCUT2D eigenvalue weighted by Gasteiger charge is -2.22. The van der Waals surface area contributed by atoms with E-state index in [1.807, 2.05) is 28.5 Å². The maximum Gasteiger partial charge on any atom is 0.234 e. The van der Waals surface area contributed by atoms with Crippen molar-refractivity contribution >= 4 is 27.5 Å². The second-order valence-corrected chi connectivity index (χ2v) is 6.45. The Morgan fingerprint density at radius 2 is 1.85 bits per heavy atom. The molecule has 1 saturated heterocycles. The van der Waals surface area contributed by atoms with Gasteiger partial charge in [0.25, 0.3) is 0 Å². The maximum atomic E-state index is 10.8. The summed E-state index contributed by atoms with van der Waals surface area (Å²) in [6.07, 6.45) is 0. The Balaban J connectivity index is 2.47. The molecule has 3 atom stereocenters. The largest absolute Gasteiger partial charge is 0.368 e. The molecule has 3 nitrogen and oxygen atoms in total. The van der Waals surface area contributed by atoms with Gasteiger partial charge < -0.3 is 11.1 Å². The fourth-order valence-corrected chi connectivity index (χ4v) is 4.41. The van der Waals surface area contributed by atoms with Crippen LogP contribution in [0.4, 0.5) is 0 Å². The van der Waals surface area contributed by atoms with Crippen molar-refractivity contribution in [2.75, 3.05) is 0 Å². The van der Waals surface area contributed by atoms with Crippen LogP contribution < -0.4 is 11.1 Å². The molecule has 0 spiro atoms. The fraction of sp³-hybridized carbons (Fsp3) is 0.875. The predicted octanol–water partition coefficient (Wildman–Crippen LogP) is 0.990. The van der Waals surface area contributed by atoms with Crippen molar-refractivity contribution in [1.82, 2.24) is 5.32 Å². The van der Waals surface area contributed by atoms with E-state index in [0.717, 1.165) is 0 Å². The standard InChI is InChI=1S/C8H16N2OS2/c1-4(8(9)11)10-7-5(2)12-13-6(7)3/h4-7,10H,1-3H3,(H2,9,11)/t4-,5?,6?,7?/m1/s1. The number of carbonyl (C=O) groups is 1. The van der Waals surface area contributed by atoms with Crippen LogP contribution in [0.15, 0.2) is 0 Å². The van der Waals surface area contributed by atoms with Crippen LogP contribution in [-0.4, -0.2) is 28.5 Å². The first-order chi connectivity index (χ1) is 6.02. The normalized spacial score (nSPS) is 36.1. The van der Waals surface area contributed by atoms with Gasteiger partial charge in [-0.1, -0.05) is 35.4 Å². The molecule has 0 aromatic carbocycles. The molecule has 3 N–H and O–H groups in total. The van der Waals surface area contributed by atoms with Crippen LogP contribution in [0.1, 0.15) is 20.8 Å². The maximum absolute atomic E-state index is 10.8. The third kappa shape index (κ3) is 2.79. The zero-order valence-corrected chi connectivity index (χ0v) is 9.74. The quantitative estimate of drug-likeness (QED) is 0.697. The van der Waals surface area contributed by atoms with E-state index in [9.17, 15) is 4.79 Å². The summed E-state index contributed by atoms with van der Waals surface area (Å²) in [7, 11) is 3.74. The Morgan fingerprint density at radius 3 is 2.23 bits per heavy atom. The molecule has 13 heavy (non-hydrogen) atoms. The molecule has 0 bridgehead atoms. The van der Waals surface area contributed by atoms with E-state index >= 15 is 0 Å². The van der Waals surface area contributed by atoms with Gasteiger partial charge in [0, 0.05) is 16.5 Å². The van der Waals surface area contributed by atoms with Gasteiger partial charge in [-0.25, -0.2) is 0 Å². The number of primary amides is 1. The smallest absolute Gasteiger partial charge is 0.234 e. The predicted molar refractivity (Wildman–Crippen MR) is 59.7 cm³/mol. The van der Waals surface area contributed by atoms with Gasteiger partial charge in [-0.05, 0) is 6.92 Å². The molecule has 1 aliphatic rings. The Bertz CT molecular complexity index is 191. The van der Waals surface area contributed by atoms with E-state index in [0.29, 0.717) is 16.5 Å². The SMILES string of the molecule is CC1SSC(C)C1N[C@H](C)C(N)=O. The van der Waals surface area contributed by atoms with Gasteiger partial charge in [-0.3, -0.25) is 4.79 Å². The molecular weight excluding hydrogens is 204 g/mol.